The van der Waals surface area contributed by atoms with Crippen LogP contribution in [0.2, 0.25) is 5.02 Å². The summed E-state index contributed by atoms with van der Waals surface area (Å²) in [6, 6.07) is 17.8. The molecule has 3 aromatic rings. The second-order valence-electron chi connectivity index (χ2n) is 12.3. The fourth-order valence-electron chi connectivity index (χ4n) is 6.28. The Balaban J connectivity index is 1.72. The Kier molecular flexibility index (Phi) is 8.43. The van der Waals surface area contributed by atoms with Crippen LogP contribution in [0, 0.1) is 37.5 Å². The molecular formula is C35H33ClF3N3OS. The standard InChI is InChI=1S/C35H33ClF3N3OS/c1-19-8-6-7-9-30(19)44-18-22-13-24(21(3)12-20(22)2)31-25(17-40)33(41)42(28-15-34(4,5)16-29(43)32(28)31)27-11-10-23(36)14-26(27)35(37,38)39/h6-14,31H,15-16,18,41H2,1-5H3. The summed E-state index contributed by atoms with van der Waals surface area (Å²) in [5, 5.41) is 10.4. The number of anilines is 1. The molecule has 0 saturated heterocycles. The molecule has 0 amide bonds. The van der Waals surface area contributed by atoms with Gasteiger partial charge in [-0.15, -0.1) is 11.8 Å². The van der Waals surface area contributed by atoms with E-state index in [1.807, 2.05) is 52.0 Å². The number of nitriles is 1. The molecule has 4 nitrogen and oxygen atoms in total. The smallest absolute Gasteiger partial charge is 0.384 e. The van der Waals surface area contributed by atoms with Crippen molar-refractivity contribution in [2.75, 3.05) is 4.90 Å². The molecule has 9 heteroatoms. The zero-order chi connectivity index (χ0) is 32.1. The average Bonchev–Trinajstić information content (AvgIpc) is 2.92. The van der Waals surface area contributed by atoms with Crippen LogP contribution >= 0.6 is 23.4 Å². The number of ketones is 1. The van der Waals surface area contributed by atoms with Crippen LogP contribution in [0.25, 0.3) is 0 Å². The maximum absolute atomic E-state index is 14.3. The summed E-state index contributed by atoms with van der Waals surface area (Å²) in [5.74, 6) is -0.467. The molecule has 5 rings (SSSR count). The molecule has 0 saturated carbocycles. The second kappa shape index (κ2) is 11.7. The highest BCUT2D eigenvalue weighted by atomic mass is 35.5. The second-order valence-corrected chi connectivity index (χ2v) is 13.8. The zero-order valence-electron chi connectivity index (χ0n) is 25.2. The van der Waals surface area contributed by atoms with Gasteiger partial charge in [-0.1, -0.05) is 55.8 Å². The van der Waals surface area contributed by atoms with Crippen molar-refractivity contribution in [1.82, 2.24) is 0 Å². The Hall–Kier alpha value is -3.67. The van der Waals surface area contributed by atoms with E-state index in [-0.39, 0.29) is 34.3 Å². The predicted molar refractivity (Wildman–Crippen MR) is 170 cm³/mol. The van der Waals surface area contributed by atoms with Crippen LogP contribution in [-0.2, 0) is 16.7 Å². The van der Waals surface area contributed by atoms with Crippen LogP contribution in [0.3, 0.4) is 0 Å². The normalized spacial score (nSPS) is 18.4. The minimum atomic E-state index is -4.75. The number of hydrogen-bond donors (Lipinski definition) is 1. The zero-order valence-corrected chi connectivity index (χ0v) is 26.8. The van der Waals surface area contributed by atoms with Crippen LogP contribution in [0.5, 0.6) is 0 Å². The van der Waals surface area contributed by atoms with Crippen molar-refractivity contribution in [1.29, 1.82) is 5.26 Å². The third-order valence-electron chi connectivity index (χ3n) is 8.40. The lowest BCUT2D eigenvalue weighted by atomic mass is 9.68. The van der Waals surface area contributed by atoms with Gasteiger partial charge in [0, 0.05) is 33.4 Å². The highest BCUT2D eigenvalue weighted by Gasteiger charge is 2.47. The Morgan fingerprint density at radius 3 is 2.41 bits per heavy atom. The molecule has 1 unspecified atom stereocenters. The number of carbonyl (C=O) groups excluding carboxylic acids is 1. The molecule has 44 heavy (non-hydrogen) atoms. The number of hydrogen-bond acceptors (Lipinski definition) is 5. The van der Waals surface area contributed by atoms with E-state index in [4.69, 9.17) is 17.3 Å². The minimum absolute atomic E-state index is 0.0457. The van der Waals surface area contributed by atoms with Crippen molar-refractivity contribution in [2.24, 2.45) is 11.1 Å². The van der Waals surface area contributed by atoms with Gasteiger partial charge in [0.1, 0.15) is 5.82 Å². The number of allylic oxidation sites excluding steroid dienone is 3. The molecule has 0 spiro atoms. The van der Waals surface area contributed by atoms with E-state index in [1.54, 1.807) is 11.8 Å². The van der Waals surface area contributed by atoms with Gasteiger partial charge >= 0.3 is 6.18 Å². The van der Waals surface area contributed by atoms with Gasteiger partial charge in [0.05, 0.1) is 28.8 Å². The molecule has 1 aliphatic carbocycles. The number of rotatable bonds is 5. The van der Waals surface area contributed by atoms with Crippen molar-refractivity contribution in [3.8, 4) is 6.07 Å². The molecule has 2 N–H and O–H groups in total. The number of nitrogens with zero attached hydrogens (tertiary/aromatic N) is 2. The molecule has 1 heterocycles. The van der Waals surface area contributed by atoms with Crippen LogP contribution in [0.4, 0.5) is 18.9 Å². The van der Waals surface area contributed by atoms with Gasteiger partial charge < -0.3 is 5.73 Å². The molecule has 0 aromatic heterocycles. The fourth-order valence-corrected chi connectivity index (χ4v) is 7.55. The molecular weight excluding hydrogens is 603 g/mol. The molecule has 1 atom stereocenters. The number of thioether (sulfide) groups is 1. The highest BCUT2D eigenvalue weighted by Crippen LogP contribution is 2.52. The number of benzene rings is 3. The van der Waals surface area contributed by atoms with E-state index in [2.05, 4.69) is 25.1 Å². The van der Waals surface area contributed by atoms with E-state index in [0.29, 0.717) is 23.4 Å². The molecule has 228 valence electrons. The van der Waals surface area contributed by atoms with Crippen LogP contribution < -0.4 is 10.6 Å². The van der Waals surface area contributed by atoms with Gasteiger partial charge in [0.15, 0.2) is 5.78 Å². The van der Waals surface area contributed by atoms with Crippen molar-refractivity contribution < 1.29 is 18.0 Å². The Morgan fingerprint density at radius 2 is 1.75 bits per heavy atom. The van der Waals surface area contributed by atoms with Crippen LogP contribution in [0.1, 0.15) is 66.0 Å². The monoisotopic (exact) mass is 635 g/mol. The molecule has 2 aliphatic rings. The van der Waals surface area contributed by atoms with Gasteiger partial charge in [-0.05, 0) is 84.7 Å². The Labute approximate surface area is 265 Å². The van der Waals surface area contributed by atoms with Gasteiger partial charge in [0.25, 0.3) is 0 Å². The number of Topliss-reactive ketones (excluding diaryl/α,β-unsaturated/α-hetero) is 1. The quantitative estimate of drug-likeness (QED) is 0.283. The third kappa shape index (κ3) is 5.88. The largest absolute Gasteiger partial charge is 0.418 e. The first-order valence-electron chi connectivity index (χ1n) is 14.2. The van der Waals surface area contributed by atoms with E-state index in [9.17, 15) is 23.2 Å². The summed E-state index contributed by atoms with van der Waals surface area (Å²) in [7, 11) is 0. The topological polar surface area (TPSA) is 70.1 Å². The number of aryl methyl sites for hydroxylation is 3. The fraction of sp³-hybridized carbons (Fsp3) is 0.314. The minimum Gasteiger partial charge on any atom is -0.384 e. The Morgan fingerprint density at radius 1 is 1.05 bits per heavy atom. The van der Waals surface area contributed by atoms with Gasteiger partial charge in [-0.3, -0.25) is 9.69 Å². The van der Waals surface area contributed by atoms with Crippen molar-refractivity contribution in [3.05, 3.63) is 116 Å². The van der Waals surface area contributed by atoms with Crippen LogP contribution in [0.15, 0.2) is 82.2 Å². The first-order valence-corrected chi connectivity index (χ1v) is 15.6. The first kappa shape index (κ1) is 31.7. The molecule has 3 aromatic carbocycles. The van der Waals surface area contributed by atoms with Crippen molar-refractivity contribution in [3.63, 3.8) is 0 Å². The van der Waals surface area contributed by atoms with Crippen molar-refractivity contribution >= 4 is 34.8 Å². The highest BCUT2D eigenvalue weighted by molar-refractivity contribution is 7.98. The summed E-state index contributed by atoms with van der Waals surface area (Å²) in [6.45, 7) is 9.83. The van der Waals surface area contributed by atoms with Gasteiger partial charge in [-0.25, -0.2) is 0 Å². The third-order valence-corrected chi connectivity index (χ3v) is 9.86. The van der Waals surface area contributed by atoms with Crippen LogP contribution in [-0.4, -0.2) is 5.78 Å². The molecule has 0 fully saturated rings. The van der Waals surface area contributed by atoms with E-state index in [1.165, 1.54) is 22.6 Å². The number of nitrogens with two attached hydrogens (primary N) is 1. The first-order chi connectivity index (χ1) is 20.6. The number of halogens is 4. The summed E-state index contributed by atoms with van der Waals surface area (Å²) < 4.78 is 43.0. The lowest BCUT2D eigenvalue weighted by Gasteiger charge is -2.44. The summed E-state index contributed by atoms with van der Waals surface area (Å²) in [5.41, 5.74) is 10.6. The van der Waals surface area contributed by atoms with Crippen molar-refractivity contribution in [2.45, 2.75) is 70.2 Å². The Bertz CT molecular complexity index is 1780. The SMILES string of the molecule is Cc1cc(C)c(C2C(C#N)=C(N)N(c3ccc(Cl)cc3C(F)(F)F)C3=C2C(=O)CC(C)(C)C3)cc1CSc1ccccc1C. The molecule has 0 radical (unpaired) electrons. The average molecular weight is 636 g/mol. The summed E-state index contributed by atoms with van der Waals surface area (Å²) in [4.78, 5) is 16.4. The maximum Gasteiger partial charge on any atom is 0.418 e. The maximum atomic E-state index is 14.3. The summed E-state index contributed by atoms with van der Waals surface area (Å²) >= 11 is 7.70. The van der Waals surface area contributed by atoms with E-state index in [0.717, 1.165) is 33.2 Å². The molecule has 0 bridgehead atoms. The lowest BCUT2D eigenvalue weighted by Crippen LogP contribution is -2.42. The van der Waals surface area contributed by atoms with E-state index >= 15 is 0 Å². The lowest BCUT2D eigenvalue weighted by molar-refractivity contribution is -0.137. The summed E-state index contributed by atoms with van der Waals surface area (Å²) in [6.07, 6.45) is -4.26. The van der Waals surface area contributed by atoms with Gasteiger partial charge in [-0.2, -0.15) is 18.4 Å². The van der Waals surface area contributed by atoms with E-state index < -0.39 is 23.1 Å². The predicted octanol–water partition coefficient (Wildman–Crippen LogP) is 9.52. The van der Waals surface area contributed by atoms with Gasteiger partial charge in [0.2, 0.25) is 0 Å². The number of alkyl halides is 3. The molecule has 1 aliphatic heterocycles. The number of carbonyl (C=O) groups is 1.